The molecular formula is C16H22ClN3O2. The Hall–Kier alpha value is -1.77. The lowest BCUT2D eigenvalue weighted by atomic mass is 9.99. The molecule has 2 atom stereocenters. The van der Waals surface area contributed by atoms with E-state index in [1.54, 1.807) is 19.1 Å². The fourth-order valence-electron chi connectivity index (χ4n) is 2.13. The first-order valence-electron chi connectivity index (χ1n) is 7.28. The van der Waals surface area contributed by atoms with Crippen molar-refractivity contribution in [3.05, 3.63) is 22.8 Å². The van der Waals surface area contributed by atoms with E-state index in [4.69, 9.17) is 23.8 Å². The highest BCUT2D eigenvalue weighted by molar-refractivity contribution is 6.29. The van der Waals surface area contributed by atoms with Gasteiger partial charge in [-0.25, -0.2) is 0 Å². The Morgan fingerprint density at radius 3 is 2.50 bits per heavy atom. The molecule has 0 aliphatic carbocycles. The fraction of sp³-hybridized carbons (Fsp3) is 0.500. The van der Waals surface area contributed by atoms with Crippen molar-refractivity contribution in [1.29, 1.82) is 0 Å². The summed E-state index contributed by atoms with van der Waals surface area (Å²) in [6.45, 7) is 2.31. The molecule has 4 N–H and O–H groups in total. The zero-order valence-electron chi connectivity index (χ0n) is 12.7. The second-order valence-electron chi connectivity index (χ2n) is 5.20. The fourth-order valence-corrected chi connectivity index (χ4v) is 2.19. The van der Waals surface area contributed by atoms with Crippen LogP contribution in [0.3, 0.4) is 0 Å². The molecule has 2 amide bonds. The number of rotatable bonds is 7. The van der Waals surface area contributed by atoms with Gasteiger partial charge in [-0.2, -0.15) is 0 Å². The largest absolute Gasteiger partial charge is 0.343 e. The van der Waals surface area contributed by atoms with Crippen LogP contribution in [0.5, 0.6) is 0 Å². The summed E-state index contributed by atoms with van der Waals surface area (Å²) in [5.41, 5.74) is 6.02. The van der Waals surface area contributed by atoms with Gasteiger partial charge in [0.25, 0.3) is 0 Å². The van der Waals surface area contributed by atoms with Crippen molar-refractivity contribution in [3.63, 3.8) is 0 Å². The van der Waals surface area contributed by atoms with Crippen LogP contribution in [0.15, 0.2) is 22.8 Å². The van der Waals surface area contributed by atoms with Crippen LogP contribution < -0.4 is 16.4 Å². The zero-order valence-corrected chi connectivity index (χ0v) is 13.5. The molecule has 1 fully saturated rings. The lowest BCUT2D eigenvalue weighted by Crippen LogP contribution is -2.61. The molecule has 1 saturated heterocycles. The first-order chi connectivity index (χ1) is 10.5. The van der Waals surface area contributed by atoms with Crippen LogP contribution in [0.1, 0.15) is 32.6 Å². The SMILES string of the molecule is C#C/C(=C\C=C(/C)Cl)C[C@@H]1NC(=O)[C@H](CCCCN)NC1=O. The monoisotopic (exact) mass is 323 g/mol. The molecule has 5 nitrogen and oxygen atoms in total. The van der Waals surface area contributed by atoms with Gasteiger partial charge in [0, 0.05) is 17.0 Å². The second-order valence-corrected chi connectivity index (χ2v) is 5.80. The van der Waals surface area contributed by atoms with Crippen LogP contribution in [0, 0.1) is 12.3 Å². The van der Waals surface area contributed by atoms with E-state index in [1.165, 1.54) is 0 Å². The molecule has 22 heavy (non-hydrogen) atoms. The average molecular weight is 324 g/mol. The van der Waals surface area contributed by atoms with Crippen LogP contribution in [-0.4, -0.2) is 30.4 Å². The number of carbonyl (C=O) groups excluding carboxylic acids is 2. The molecule has 120 valence electrons. The molecule has 0 unspecified atom stereocenters. The first-order valence-corrected chi connectivity index (χ1v) is 7.66. The van der Waals surface area contributed by atoms with Crippen molar-refractivity contribution in [3.8, 4) is 12.3 Å². The number of allylic oxidation sites excluding steroid dienone is 3. The number of amides is 2. The Morgan fingerprint density at radius 2 is 1.91 bits per heavy atom. The number of nitrogens with one attached hydrogen (secondary N) is 2. The number of piperazine rings is 1. The molecule has 0 radical (unpaired) electrons. The smallest absolute Gasteiger partial charge is 0.243 e. The first kappa shape index (κ1) is 18.3. The predicted molar refractivity (Wildman–Crippen MR) is 87.9 cm³/mol. The average Bonchev–Trinajstić information content (AvgIpc) is 2.47. The summed E-state index contributed by atoms with van der Waals surface area (Å²) in [5, 5.41) is 6.05. The summed E-state index contributed by atoms with van der Waals surface area (Å²) in [7, 11) is 0. The van der Waals surface area contributed by atoms with Crippen molar-refractivity contribution in [2.75, 3.05) is 6.54 Å². The lowest BCUT2D eigenvalue weighted by Gasteiger charge is -2.29. The van der Waals surface area contributed by atoms with Gasteiger partial charge in [-0.3, -0.25) is 9.59 Å². The van der Waals surface area contributed by atoms with Crippen LogP contribution in [0.2, 0.25) is 0 Å². The van der Waals surface area contributed by atoms with E-state index in [2.05, 4.69) is 16.6 Å². The molecule has 0 spiro atoms. The number of halogens is 1. The van der Waals surface area contributed by atoms with Crippen molar-refractivity contribution in [2.24, 2.45) is 5.73 Å². The van der Waals surface area contributed by atoms with Gasteiger partial charge in [0.2, 0.25) is 11.8 Å². The summed E-state index contributed by atoms with van der Waals surface area (Å²) in [4.78, 5) is 24.1. The maximum atomic E-state index is 12.1. The molecule has 0 bridgehead atoms. The van der Waals surface area contributed by atoms with Crippen molar-refractivity contribution in [1.82, 2.24) is 10.6 Å². The quantitative estimate of drug-likeness (QED) is 0.374. The highest BCUT2D eigenvalue weighted by atomic mass is 35.5. The molecule has 0 aromatic rings. The zero-order chi connectivity index (χ0) is 16.5. The molecule has 0 aromatic heterocycles. The third kappa shape index (κ3) is 5.92. The van der Waals surface area contributed by atoms with Crippen LogP contribution in [-0.2, 0) is 9.59 Å². The maximum absolute atomic E-state index is 12.1. The van der Waals surface area contributed by atoms with E-state index in [0.717, 1.165) is 12.8 Å². The summed E-state index contributed by atoms with van der Waals surface area (Å²) in [5.74, 6) is 2.11. The summed E-state index contributed by atoms with van der Waals surface area (Å²) < 4.78 is 0. The molecule has 6 heteroatoms. The number of unbranched alkanes of at least 4 members (excludes halogenated alkanes) is 1. The Bertz CT molecular complexity index is 516. The normalized spacial score (nSPS) is 22.8. The maximum Gasteiger partial charge on any atom is 0.243 e. The molecular weight excluding hydrogens is 302 g/mol. The van der Waals surface area contributed by atoms with Crippen LogP contribution in [0.25, 0.3) is 0 Å². The topological polar surface area (TPSA) is 84.2 Å². The van der Waals surface area contributed by atoms with Crippen LogP contribution in [0.4, 0.5) is 0 Å². The highest BCUT2D eigenvalue weighted by Gasteiger charge is 2.33. The summed E-state index contributed by atoms with van der Waals surface area (Å²) in [6.07, 6.45) is 11.2. The van der Waals surface area contributed by atoms with Gasteiger partial charge in [0.15, 0.2) is 0 Å². The Kier molecular flexibility index (Phi) is 7.72. The number of nitrogens with two attached hydrogens (primary N) is 1. The van der Waals surface area contributed by atoms with E-state index in [9.17, 15) is 9.59 Å². The molecule has 0 saturated carbocycles. The lowest BCUT2D eigenvalue weighted by molar-refractivity contribution is -0.136. The Labute approximate surface area is 136 Å². The third-order valence-corrected chi connectivity index (χ3v) is 3.46. The standard InChI is InChI=1S/C16H22ClN3O2/c1-3-12(8-7-11(2)17)10-14-16(22)19-13(15(21)20-14)6-4-5-9-18/h1,7-8,13-14H,4-6,9-10,18H2,2H3,(H,19,22)(H,20,21)/b11-7+,12-8+/t13-,14-/m0/s1. The Morgan fingerprint density at radius 1 is 1.27 bits per heavy atom. The summed E-state index contributed by atoms with van der Waals surface area (Å²) >= 11 is 5.74. The van der Waals surface area contributed by atoms with Crippen LogP contribution >= 0.6 is 11.6 Å². The van der Waals surface area contributed by atoms with E-state index in [0.29, 0.717) is 23.6 Å². The number of hydrogen-bond donors (Lipinski definition) is 3. The minimum atomic E-state index is -0.649. The number of carbonyl (C=O) groups is 2. The molecule has 1 rings (SSSR count). The van der Waals surface area contributed by atoms with Crippen molar-refractivity contribution < 1.29 is 9.59 Å². The van der Waals surface area contributed by atoms with Gasteiger partial charge >= 0.3 is 0 Å². The minimum absolute atomic E-state index is 0.179. The number of hydrogen-bond acceptors (Lipinski definition) is 3. The number of terminal acetylenes is 1. The van der Waals surface area contributed by atoms with E-state index in [-0.39, 0.29) is 18.2 Å². The molecule has 0 aromatic carbocycles. The molecule has 1 aliphatic rings. The van der Waals surface area contributed by atoms with Gasteiger partial charge in [-0.15, -0.1) is 6.42 Å². The van der Waals surface area contributed by atoms with E-state index < -0.39 is 12.1 Å². The predicted octanol–water partition coefficient (Wildman–Crippen LogP) is 1.19. The Balaban J connectivity index is 2.63. The van der Waals surface area contributed by atoms with Gasteiger partial charge in [0.05, 0.1) is 0 Å². The van der Waals surface area contributed by atoms with Crippen molar-refractivity contribution >= 4 is 23.4 Å². The van der Waals surface area contributed by atoms with Gasteiger partial charge in [-0.1, -0.05) is 17.5 Å². The highest BCUT2D eigenvalue weighted by Crippen LogP contribution is 2.12. The molecule has 1 heterocycles. The van der Waals surface area contributed by atoms with Gasteiger partial charge < -0.3 is 16.4 Å². The summed E-state index contributed by atoms with van der Waals surface area (Å²) in [6, 6.07) is -1.14. The van der Waals surface area contributed by atoms with Gasteiger partial charge in [-0.05, 0) is 44.9 Å². The minimum Gasteiger partial charge on any atom is -0.343 e. The van der Waals surface area contributed by atoms with Crippen molar-refractivity contribution in [2.45, 2.75) is 44.7 Å². The third-order valence-electron chi connectivity index (χ3n) is 3.34. The van der Waals surface area contributed by atoms with E-state index in [1.807, 2.05) is 0 Å². The molecule has 1 aliphatic heterocycles. The van der Waals surface area contributed by atoms with E-state index >= 15 is 0 Å². The van der Waals surface area contributed by atoms with Gasteiger partial charge in [0.1, 0.15) is 12.1 Å². The second kappa shape index (κ2) is 9.29.